The van der Waals surface area contributed by atoms with Crippen molar-refractivity contribution in [1.29, 1.82) is 0 Å². The van der Waals surface area contributed by atoms with Gasteiger partial charge in [-0.25, -0.2) is 9.18 Å². The predicted octanol–water partition coefficient (Wildman–Crippen LogP) is 4.25. The molecule has 0 aliphatic carbocycles. The third kappa shape index (κ3) is 8.00. The number of benzene rings is 1. The molecule has 0 saturated carbocycles. The number of nitrogens with one attached hydrogen (secondary N) is 1. The van der Waals surface area contributed by atoms with Gasteiger partial charge in [-0.2, -0.15) is 0 Å². The second-order valence-electron chi connectivity index (χ2n) is 7.66. The lowest BCUT2D eigenvalue weighted by Gasteiger charge is -2.28. The number of ether oxygens (including phenoxy) is 1. The number of aromatic nitrogens is 1. The highest BCUT2D eigenvalue weighted by molar-refractivity contribution is 5.92. The van der Waals surface area contributed by atoms with Crippen molar-refractivity contribution in [3.8, 4) is 0 Å². The molecule has 0 fully saturated rings. The first-order chi connectivity index (χ1) is 15.5. The van der Waals surface area contributed by atoms with Crippen molar-refractivity contribution in [1.82, 2.24) is 14.4 Å². The number of nitrogens with zero attached hydrogens (tertiary/aromatic N) is 3. The van der Waals surface area contributed by atoms with E-state index in [0.717, 1.165) is 18.5 Å². The van der Waals surface area contributed by atoms with Gasteiger partial charge in [-0.05, 0) is 44.0 Å². The molecule has 1 N–H and O–H groups in total. The first kappa shape index (κ1) is 25.4. The number of anilines is 1. The minimum absolute atomic E-state index is 0.0828. The number of carbonyl (C=O) groups excluding carboxylic acids is 2. The zero-order valence-corrected chi connectivity index (χ0v) is 19.3. The van der Waals surface area contributed by atoms with Crippen LogP contribution in [0, 0.1) is 5.82 Å². The Morgan fingerprint density at radius 2 is 1.81 bits per heavy atom. The van der Waals surface area contributed by atoms with E-state index in [4.69, 9.17) is 4.74 Å². The van der Waals surface area contributed by atoms with Gasteiger partial charge in [0.25, 0.3) is 0 Å². The third-order valence-electron chi connectivity index (χ3n) is 5.19. The van der Waals surface area contributed by atoms with Gasteiger partial charge in [0, 0.05) is 45.2 Å². The van der Waals surface area contributed by atoms with Gasteiger partial charge in [0.15, 0.2) is 0 Å². The lowest BCUT2D eigenvalue weighted by molar-refractivity contribution is -0.132. The molecular weight excluding hydrogens is 411 g/mol. The van der Waals surface area contributed by atoms with E-state index in [-0.39, 0.29) is 18.1 Å². The van der Waals surface area contributed by atoms with Gasteiger partial charge in [0.1, 0.15) is 12.4 Å². The van der Waals surface area contributed by atoms with Crippen LogP contribution in [0.15, 0.2) is 42.6 Å². The molecule has 176 valence electrons. The summed E-state index contributed by atoms with van der Waals surface area (Å²) in [6.07, 6.45) is 4.36. The standard InChI is InChI=1S/C24H35FN4O3/c1-4-6-15-28(18-20-11-9-14-27(20)3)23(30)19-29(16-10-17-32-5-2)24(31)26-22-13-8-7-12-21(22)25/h7-9,11-14H,4-6,10,15-19H2,1-3H3,(H,26,31). The second-order valence-corrected chi connectivity index (χ2v) is 7.66. The van der Waals surface area contributed by atoms with Crippen LogP contribution in [-0.2, 0) is 23.1 Å². The summed E-state index contributed by atoms with van der Waals surface area (Å²) in [5.41, 5.74) is 1.11. The highest BCUT2D eigenvalue weighted by Crippen LogP contribution is 2.14. The average molecular weight is 447 g/mol. The molecule has 2 rings (SSSR count). The predicted molar refractivity (Wildman–Crippen MR) is 124 cm³/mol. The quantitative estimate of drug-likeness (QED) is 0.468. The largest absolute Gasteiger partial charge is 0.382 e. The number of para-hydroxylation sites is 1. The van der Waals surface area contributed by atoms with Crippen molar-refractivity contribution in [2.75, 3.05) is 38.2 Å². The lowest BCUT2D eigenvalue weighted by atomic mass is 10.2. The molecule has 0 unspecified atom stereocenters. The van der Waals surface area contributed by atoms with E-state index >= 15 is 0 Å². The molecule has 1 heterocycles. The molecule has 0 radical (unpaired) electrons. The Kier molecular flexibility index (Phi) is 10.7. The van der Waals surface area contributed by atoms with E-state index < -0.39 is 11.8 Å². The first-order valence-corrected chi connectivity index (χ1v) is 11.2. The number of hydrogen-bond acceptors (Lipinski definition) is 3. The van der Waals surface area contributed by atoms with Gasteiger partial charge in [0.05, 0.1) is 12.2 Å². The van der Waals surface area contributed by atoms with Crippen LogP contribution >= 0.6 is 0 Å². The highest BCUT2D eigenvalue weighted by Gasteiger charge is 2.22. The minimum atomic E-state index is -0.519. The third-order valence-corrected chi connectivity index (χ3v) is 5.19. The Morgan fingerprint density at radius 1 is 1.06 bits per heavy atom. The van der Waals surface area contributed by atoms with Gasteiger partial charge in [-0.1, -0.05) is 25.5 Å². The SMILES string of the molecule is CCCCN(Cc1cccn1C)C(=O)CN(CCCOCC)C(=O)Nc1ccccc1F. The molecule has 7 nitrogen and oxygen atoms in total. The van der Waals surface area contributed by atoms with Crippen molar-refractivity contribution in [3.05, 3.63) is 54.1 Å². The maximum absolute atomic E-state index is 14.0. The summed E-state index contributed by atoms with van der Waals surface area (Å²) in [5.74, 6) is -0.658. The van der Waals surface area contributed by atoms with Crippen molar-refractivity contribution in [2.45, 2.75) is 39.7 Å². The molecule has 1 aromatic carbocycles. The van der Waals surface area contributed by atoms with E-state index in [9.17, 15) is 14.0 Å². The zero-order chi connectivity index (χ0) is 23.3. The molecule has 3 amide bonds. The molecule has 0 saturated heterocycles. The van der Waals surface area contributed by atoms with Crippen LogP contribution in [0.25, 0.3) is 0 Å². The number of urea groups is 1. The lowest BCUT2D eigenvalue weighted by Crippen LogP contribution is -2.45. The Hall–Kier alpha value is -2.87. The Labute approximate surface area is 190 Å². The molecule has 8 heteroatoms. The molecule has 0 atom stereocenters. The second kappa shape index (κ2) is 13.5. The topological polar surface area (TPSA) is 66.8 Å². The van der Waals surface area contributed by atoms with E-state index in [1.165, 1.54) is 17.0 Å². The smallest absolute Gasteiger partial charge is 0.322 e. The summed E-state index contributed by atoms with van der Waals surface area (Å²) in [7, 11) is 1.94. The molecular formula is C24H35FN4O3. The van der Waals surface area contributed by atoms with Gasteiger partial charge in [-0.3, -0.25) is 4.79 Å². The maximum Gasteiger partial charge on any atom is 0.322 e. The van der Waals surface area contributed by atoms with Crippen LogP contribution < -0.4 is 5.32 Å². The number of aryl methyl sites for hydroxylation is 1. The number of amides is 3. The van der Waals surface area contributed by atoms with Crippen molar-refractivity contribution >= 4 is 17.6 Å². The van der Waals surface area contributed by atoms with Crippen molar-refractivity contribution in [2.24, 2.45) is 7.05 Å². The zero-order valence-electron chi connectivity index (χ0n) is 19.3. The van der Waals surface area contributed by atoms with Gasteiger partial charge >= 0.3 is 6.03 Å². The van der Waals surface area contributed by atoms with Gasteiger partial charge in [0.2, 0.25) is 5.91 Å². The molecule has 32 heavy (non-hydrogen) atoms. The Morgan fingerprint density at radius 3 is 2.47 bits per heavy atom. The van der Waals surface area contributed by atoms with Crippen molar-refractivity contribution < 1.29 is 18.7 Å². The van der Waals surface area contributed by atoms with Crippen LogP contribution in [0.3, 0.4) is 0 Å². The summed E-state index contributed by atoms with van der Waals surface area (Å²) >= 11 is 0. The summed E-state index contributed by atoms with van der Waals surface area (Å²) in [6, 6.07) is 9.41. The normalized spacial score (nSPS) is 10.8. The molecule has 0 bridgehead atoms. The van der Waals surface area contributed by atoms with Crippen LogP contribution in [0.5, 0.6) is 0 Å². The fourth-order valence-corrected chi connectivity index (χ4v) is 3.27. The van der Waals surface area contributed by atoms with E-state index in [1.807, 2.05) is 36.9 Å². The number of carbonyl (C=O) groups is 2. The van der Waals surface area contributed by atoms with Crippen molar-refractivity contribution in [3.63, 3.8) is 0 Å². The molecule has 1 aromatic heterocycles. The number of unbranched alkanes of at least 4 members (excludes halogenated alkanes) is 1. The van der Waals surface area contributed by atoms with Gasteiger partial charge in [-0.15, -0.1) is 0 Å². The molecule has 0 aliphatic heterocycles. The Bertz CT molecular complexity index is 855. The average Bonchev–Trinajstić information content (AvgIpc) is 3.18. The Balaban J connectivity index is 2.11. The summed E-state index contributed by atoms with van der Waals surface area (Å²) in [6.45, 7) is 6.39. The van der Waals surface area contributed by atoms with E-state index in [1.54, 1.807) is 17.0 Å². The fourth-order valence-electron chi connectivity index (χ4n) is 3.27. The van der Waals surface area contributed by atoms with E-state index in [0.29, 0.717) is 39.3 Å². The van der Waals surface area contributed by atoms with Gasteiger partial charge < -0.3 is 24.4 Å². The van der Waals surface area contributed by atoms with Crippen LogP contribution in [0.4, 0.5) is 14.9 Å². The highest BCUT2D eigenvalue weighted by atomic mass is 19.1. The summed E-state index contributed by atoms with van der Waals surface area (Å²) in [5, 5.41) is 2.59. The van der Waals surface area contributed by atoms with E-state index in [2.05, 4.69) is 12.2 Å². The number of hydrogen-bond donors (Lipinski definition) is 1. The number of halogens is 1. The molecule has 0 aliphatic rings. The summed E-state index contributed by atoms with van der Waals surface area (Å²) in [4.78, 5) is 29.3. The maximum atomic E-state index is 14.0. The molecule has 2 aromatic rings. The number of rotatable bonds is 13. The van der Waals surface area contributed by atoms with Crippen LogP contribution in [-0.4, -0.2) is 59.2 Å². The summed E-state index contributed by atoms with van der Waals surface area (Å²) < 4.78 is 21.4. The monoisotopic (exact) mass is 446 g/mol. The first-order valence-electron chi connectivity index (χ1n) is 11.2. The minimum Gasteiger partial charge on any atom is -0.382 e. The molecule has 0 spiro atoms. The van der Waals surface area contributed by atoms with Crippen LogP contribution in [0.2, 0.25) is 0 Å². The van der Waals surface area contributed by atoms with Crippen LogP contribution in [0.1, 0.15) is 38.8 Å². The fraction of sp³-hybridized carbons (Fsp3) is 0.500.